The molecule has 0 radical (unpaired) electrons. The van der Waals surface area contributed by atoms with Gasteiger partial charge in [0.1, 0.15) is 0 Å². The summed E-state index contributed by atoms with van der Waals surface area (Å²) in [6, 6.07) is 21.1. The van der Waals surface area contributed by atoms with E-state index in [-0.39, 0.29) is 5.54 Å². The lowest BCUT2D eigenvalue weighted by Gasteiger charge is -2.26. The molecule has 2 N–H and O–H groups in total. The van der Waals surface area contributed by atoms with Crippen molar-refractivity contribution in [1.82, 2.24) is 5.32 Å². The SMILES string of the molecule is CNC(C)(C)c1ccc(-c2c(C(C)(C)O)ccc3ccccc23)cc1. The minimum absolute atomic E-state index is 0.0731. The minimum Gasteiger partial charge on any atom is -0.386 e. The normalized spacial score (nSPS) is 12.6. The molecule has 0 saturated heterocycles. The molecule has 0 saturated carbocycles. The number of nitrogens with one attached hydrogen (secondary N) is 1. The van der Waals surface area contributed by atoms with Crippen LogP contribution in [0.3, 0.4) is 0 Å². The molecule has 0 heterocycles. The van der Waals surface area contributed by atoms with E-state index in [4.69, 9.17) is 0 Å². The first-order valence-electron chi connectivity index (χ1n) is 8.78. The van der Waals surface area contributed by atoms with Crippen molar-refractivity contribution in [2.24, 2.45) is 0 Å². The summed E-state index contributed by atoms with van der Waals surface area (Å²) in [5.74, 6) is 0. The highest BCUT2D eigenvalue weighted by Gasteiger charge is 2.23. The van der Waals surface area contributed by atoms with Crippen molar-refractivity contribution in [3.05, 3.63) is 71.8 Å². The van der Waals surface area contributed by atoms with Crippen molar-refractivity contribution in [1.29, 1.82) is 0 Å². The van der Waals surface area contributed by atoms with Crippen LogP contribution in [-0.2, 0) is 11.1 Å². The second kappa shape index (κ2) is 6.29. The maximum absolute atomic E-state index is 10.7. The molecule has 0 aliphatic carbocycles. The van der Waals surface area contributed by atoms with Crippen molar-refractivity contribution < 1.29 is 5.11 Å². The topological polar surface area (TPSA) is 32.3 Å². The fraction of sp³-hybridized carbons (Fsp3) is 0.304. The molecule has 0 bridgehead atoms. The van der Waals surface area contributed by atoms with Gasteiger partial charge in [-0.3, -0.25) is 0 Å². The van der Waals surface area contributed by atoms with Gasteiger partial charge in [-0.15, -0.1) is 0 Å². The molecule has 0 amide bonds. The average Bonchev–Trinajstić information content (AvgIpc) is 2.60. The third-order valence-electron chi connectivity index (χ3n) is 5.11. The van der Waals surface area contributed by atoms with Gasteiger partial charge in [-0.1, -0.05) is 60.7 Å². The summed E-state index contributed by atoms with van der Waals surface area (Å²) < 4.78 is 0. The van der Waals surface area contributed by atoms with Crippen LogP contribution < -0.4 is 5.32 Å². The van der Waals surface area contributed by atoms with E-state index in [9.17, 15) is 5.11 Å². The summed E-state index contributed by atoms with van der Waals surface area (Å²) in [6.45, 7) is 8.03. The van der Waals surface area contributed by atoms with Crippen LogP contribution in [0, 0.1) is 0 Å². The summed E-state index contributed by atoms with van der Waals surface area (Å²) in [5.41, 5.74) is 3.46. The molecule has 0 unspecified atom stereocenters. The fourth-order valence-electron chi connectivity index (χ4n) is 3.29. The molecule has 25 heavy (non-hydrogen) atoms. The van der Waals surface area contributed by atoms with Crippen LogP contribution >= 0.6 is 0 Å². The minimum atomic E-state index is -0.901. The Kier molecular flexibility index (Phi) is 4.44. The third kappa shape index (κ3) is 3.33. The summed E-state index contributed by atoms with van der Waals surface area (Å²) in [7, 11) is 1.98. The van der Waals surface area contributed by atoms with Gasteiger partial charge in [0.15, 0.2) is 0 Å². The largest absolute Gasteiger partial charge is 0.386 e. The maximum atomic E-state index is 10.7. The van der Waals surface area contributed by atoms with Crippen LogP contribution in [0.1, 0.15) is 38.8 Å². The molecular formula is C23H27NO. The molecule has 130 valence electrons. The Morgan fingerprint density at radius 2 is 1.44 bits per heavy atom. The Morgan fingerprint density at radius 1 is 0.800 bits per heavy atom. The number of aliphatic hydroxyl groups is 1. The molecule has 3 aromatic rings. The smallest absolute Gasteiger partial charge is 0.0846 e. The highest BCUT2D eigenvalue weighted by Crippen LogP contribution is 2.38. The van der Waals surface area contributed by atoms with Gasteiger partial charge < -0.3 is 10.4 Å². The molecule has 0 spiro atoms. The van der Waals surface area contributed by atoms with Gasteiger partial charge in [-0.25, -0.2) is 0 Å². The summed E-state index contributed by atoms with van der Waals surface area (Å²) >= 11 is 0. The second-order valence-electron chi connectivity index (χ2n) is 7.72. The number of rotatable bonds is 4. The van der Waals surface area contributed by atoms with Crippen LogP contribution in [0.4, 0.5) is 0 Å². The van der Waals surface area contributed by atoms with Crippen molar-refractivity contribution >= 4 is 10.8 Å². The molecular weight excluding hydrogens is 306 g/mol. The maximum Gasteiger partial charge on any atom is 0.0846 e. The van der Waals surface area contributed by atoms with Crippen molar-refractivity contribution in [3.8, 4) is 11.1 Å². The van der Waals surface area contributed by atoms with E-state index in [1.807, 2.05) is 27.0 Å². The predicted octanol–water partition coefficient (Wildman–Crippen LogP) is 5.19. The Labute approximate surface area is 150 Å². The number of benzene rings is 3. The van der Waals surface area contributed by atoms with Crippen LogP contribution in [0.5, 0.6) is 0 Å². The summed E-state index contributed by atoms with van der Waals surface area (Å²) in [6.07, 6.45) is 0. The first-order valence-corrected chi connectivity index (χ1v) is 8.78. The Balaban J connectivity index is 2.24. The summed E-state index contributed by atoms with van der Waals surface area (Å²) in [4.78, 5) is 0. The van der Waals surface area contributed by atoms with Crippen LogP contribution in [0.15, 0.2) is 60.7 Å². The first-order chi connectivity index (χ1) is 11.7. The second-order valence-corrected chi connectivity index (χ2v) is 7.72. The highest BCUT2D eigenvalue weighted by atomic mass is 16.3. The van der Waals surface area contributed by atoms with Crippen molar-refractivity contribution in [2.45, 2.75) is 38.8 Å². The van der Waals surface area contributed by atoms with E-state index in [1.165, 1.54) is 16.3 Å². The molecule has 3 rings (SSSR count). The monoisotopic (exact) mass is 333 g/mol. The molecule has 2 nitrogen and oxygen atoms in total. The van der Waals surface area contributed by atoms with Crippen LogP contribution in [-0.4, -0.2) is 12.2 Å². The molecule has 0 atom stereocenters. The van der Waals surface area contributed by atoms with E-state index >= 15 is 0 Å². The Morgan fingerprint density at radius 3 is 2.04 bits per heavy atom. The highest BCUT2D eigenvalue weighted by molar-refractivity contribution is 5.98. The molecule has 0 aliphatic rings. The van der Waals surface area contributed by atoms with Gasteiger partial charge in [-0.05, 0) is 67.8 Å². The predicted molar refractivity (Wildman–Crippen MR) is 107 cm³/mol. The summed E-state index contributed by atoms with van der Waals surface area (Å²) in [5, 5.41) is 16.4. The van der Waals surface area contributed by atoms with E-state index in [0.717, 1.165) is 16.7 Å². The van der Waals surface area contributed by atoms with Crippen molar-refractivity contribution in [2.75, 3.05) is 7.05 Å². The van der Waals surface area contributed by atoms with Gasteiger partial charge in [-0.2, -0.15) is 0 Å². The zero-order valence-electron chi connectivity index (χ0n) is 15.7. The van der Waals surface area contributed by atoms with Crippen LogP contribution in [0.25, 0.3) is 21.9 Å². The Hall–Kier alpha value is -2.16. The van der Waals surface area contributed by atoms with E-state index in [2.05, 4.69) is 73.8 Å². The van der Waals surface area contributed by atoms with Crippen LogP contribution in [0.2, 0.25) is 0 Å². The fourth-order valence-corrected chi connectivity index (χ4v) is 3.29. The van der Waals surface area contributed by atoms with Gasteiger partial charge in [0, 0.05) is 5.54 Å². The number of fused-ring (bicyclic) bond motifs is 1. The molecule has 0 aromatic heterocycles. The van der Waals surface area contributed by atoms with Gasteiger partial charge in [0.05, 0.1) is 5.60 Å². The molecule has 3 aromatic carbocycles. The third-order valence-corrected chi connectivity index (χ3v) is 5.11. The van der Waals surface area contributed by atoms with Gasteiger partial charge in [0.2, 0.25) is 0 Å². The van der Waals surface area contributed by atoms with E-state index < -0.39 is 5.60 Å². The zero-order chi connectivity index (χ0) is 18.2. The molecule has 2 heteroatoms. The number of hydrogen-bond donors (Lipinski definition) is 2. The average molecular weight is 333 g/mol. The van der Waals surface area contributed by atoms with E-state index in [1.54, 1.807) is 0 Å². The van der Waals surface area contributed by atoms with Gasteiger partial charge in [0.25, 0.3) is 0 Å². The zero-order valence-corrected chi connectivity index (χ0v) is 15.7. The lowest BCUT2D eigenvalue weighted by atomic mass is 9.85. The first kappa shape index (κ1) is 17.7. The quantitative estimate of drug-likeness (QED) is 0.689. The molecule has 0 aliphatic heterocycles. The lowest BCUT2D eigenvalue weighted by molar-refractivity contribution is 0.0793. The van der Waals surface area contributed by atoms with Gasteiger partial charge >= 0.3 is 0 Å². The number of hydrogen-bond acceptors (Lipinski definition) is 2. The Bertz CT molecular complexity index is 886. The van der Waals surface area contributed by atoms with E-state index in [0.29, 0.717) is 0 Å². The van der Waals surface area contributed by atoms with Crippen molar-refractivity contribution in [3.63, 3.8) is 0 Å². The standard InChI is InChI=1S/C23H27NO/c1-22(2,24-5)18-13-10-17(11-14-18)21-19-9-7-6-8-16(19)12-15-20(21)23(3,4)25/h6-15,24-25H,1-5H3. The lowest BCUT2D eigenvalue weighted by Crippen LogP contribution is -2.32. The molecule has 0 fully saturated rings.